The molecule has 120 valence electrons. The summed E-state index contributed by atoms with van der Waals surface area (Å²) in [6, 6.07) is 0. The van der Waals surface area contributed by atoms with Crippen LogP contribution in [0.4, 0.5) is 0 Å². The van der Waals surface area contributed by atoms with Gasteiger partial charge in [0.05, 0.1) is 19.6 Å². The summed E-state index contributed by atoms with van der Waals surface area (Å²) in [7, 11) is 1.37. The molecule has 1 aliphatic rings. The van der Waals surface area contributed by atoms with Crippen LogP contribution in [-0.2, 0) is 23.9 Å². The number of carbonyl (C=O) groups excluding carboxylic acids is 3. The van der Waals surface area contributed by atoms with Crippen molar-refractivity contribution in [3.8, 4) is 0 Å². The topological polar surface area (TPSA) is 69.7 Å². The lowest BCUT2D eigenvalue weighted by Crippen LogP contribution is -2.13. The Morgan fingerprint density at radius 3 is 2.33 bits per heavy atom. The van der Waals surface area contributed by atoms with Crippen molar-refractivity contribution in [2.75, 3.05) is 13.7 Å². The molecule has 0 aromatic carbocycles. The molecule has 0 amide bonds. The van der Waals surface area contributed by atoms with Crippen molar-refractivity contribution in [3.63, 3.8) is 0 Å². The largest absolute Gasteiger partial charge is 0.469 e. The third kappa shape index (κ3) is 5.86. The second-order valence-corrected chi connectivity index (χ2v) is 5.84. The number of hydrogen-bond donors (Lipinski definition) is 0. The quantitative estimate of drug-likeness (QED) is 0.333. The maximum atomic E-state index is 11.4. The van der Waals surface area contributed by atoms with Gasteiger partial charge >= 0.3 is 11.9 Å². The lowest BCUT2D eigenvalue weighted by Gasteiger charge is -2.09. The summed E-state index contributed by atoms with van der Waals surface area (Å²) < 4.78 is 9.56. The lowest BCUT2D eigenvalue weighted by atomic mass is 9.96. The van der Waals surface area contributed by atoms with Crippen molar-refractivity contribution < 1.29 is 23.9 Å². The number of methoxy groups -OCH3 is 1. The van der Waals surface area contributed by atoms with E-state index in [1.54, 1.807) is 0 Å². The van der Waals surface area contributed by atoms with E-state index in [4.69, 9.17) is 9.47 Å². The second-order valence-electron chi connectivity index (χ2n) is 5.84. The van der Waals surface area contributed by atoms with Crippen LogP contribution in [0.15, 0.2) is 0 Å². The van der Waals surface area contributed by atoms with E-state index in [1.165, 1.54) is 14.0 Å². The van der Waals surface area contributed by atoms with E-state index < -0.39 is 5.41 Å². The molecule has 1 saturated carbocycles. The van der Waals surface area contributed by atoms with Crippen molar-refractivity contribution in [2.45, 2.75) is 58.3 Å². The minimum Gasteiger partial charge on any atom is -0.469 e. The molecule has 0 aromatic rings. The van der Waals surface area contributed by atoms with Gasteiger partial charge < -0.3 is 14.3 Å². The Bertz CT molecular complexity index is 366. The molecule has 1 rings (SSSR count). The number of unbranched alkanes of at least 4 members (excludes halogenated alkanes) is 5. The van der Waals surface area contributed by atoms with Gasteiger partial charge in [-0.05, 0) is 19.3 Å². The first-order valence-electron chi connectivity index (χ1n) is 7.73. The lowest BCUT2D eigenvalue weighted by molar-refractivity contribution is -0.144. The van der Waals surface area contributed by atoms with Gasteiger partial charge in [-0.15, -0.1) is 0 Å². The number of aldehydes is 1. The number of ether oxygens (including phenoxy) is 2. The van der Waals surface area contributed by atoms with E-state index in [9.17, 15) is 14.4 Å². The summed E-state index contributed by atoms with van der Waals surface area (Å²) in [6.45, 7) is 1.92. The Morgan fingerprint density at radius 1 is 1.14 bits per heavy atom. The first kappa shape index (κ1) is 17.7. The van der Waals surface area contributed by atoms with Gasteiger partial charge in [-0.2, -0.15) is 0 Å². The van der Waals surface area contributed by atoms with Crippen LogP contribution in [0, 0.1) is 11.3 Å². The van der Waals surface area contributed by atoms with Crippen LogP contribution in [0.1, 0.15) is 58.3 Å². The van der Waals surface area contributed by atoms with Crippen molar-refractivity contribution in [2.24, 2.45) is 11.3 Å². The van der Waals surface area contributed by atoms with Crippen molar-refractivity contribution in [3.05, 3.63) is 0 Å². The second kappa shape index (κ2) is 8.80. The molecule has 0 heterocycles. The van der Waals surface area contributed by atoms with E-state index in [-0.39, 0.29) is 17.9 Å². The Morgan fingerprint density at radius 2 is 1.76 bits per heavy atom. The normalized spacial score (nSPS) is 23.4. The number of hydrogen-bond acceptors (Lipinski definition) is 5. The summed E-state index contributed by atoms with van der Waals surface area (Å²) in [4.78, 5) is 33.1. The molecule has 0 spiro atoms. The maximum absolute atomic E-state index is 11.4. The summed E-state index contributed by atoms with van der Waals surface area (Å²) in [5.41, 5.74) is -0.442. The molecule has 21 heavy (non-hydrogen) atoms. The summed E-state index contributed by atoms with van der Waals surface area (Å²) in [5.74, 6) is -0.699. The zero-order chi connectivity index (χ0) is 15.7. The van der Waals surface area contributed by atoms with Crippen LogP contribution >= 0.6 is 0 Å². The molecule has 2 atom stereocenters. The van der Waals surface area contributed by atoms with Crippen LogP contribution in [0.5, 0.6) is 0 Å². The molecule has 0 aliphatic heterocycles. The predicted molar refractivity (Wildman–Crippen MR) is 77.6 cm³/mol. The van der Waals surface area contributed by atoms with Gasteiger partial charge in [0.15, 0.2) is 0 Å². The molecule has 1 aliphatic carbocycles. The Kier molecular flexibility index (Phi) is 7.40. The fourth-order valence-electron chi connectivity index (χ4n) is 2.73. The van der Waals surface area contributed by atoms with Crippen molar-refractivity contribution >= 4 is 18.2 Å². The number of rotatable bonds is 11. The highest BCUT2D eigenvalue weighted by atomic mass is 16.5. The van der Waals surface area contributed by atoms with Gasteiger partial charge in [0.1, 0.15) is 6.29 Å². The minimum absolute atomic E-state index is 0.219. The standard InChI is InChI=1S/C16H26O5/c1-13(18)21-10-8-6-4-3-5-7-9-16(12-17)11-14(16)15(19)20-2/h12,14H,3-11H2,1-2H3/t14-,16+/m0/s1. The fourth-order valence-corrected chi connectivity index (χ4v) is 2.73. The van der Waals surface area contributed by atoms with Crippen LogP contribution in [0.2, 0.25) is 0 Å². The molecule has 5 nitrogen and oxygen atoms in total. The van der Waals surface area contributed by atoms with Gasteiger partial charge in [0.2, 0.25) is 0 Å². The fraction of sp³-hybridized carbons (Fsp3) is 0.812. The van der Waals surface area contributed by atoms with Crippen molar-refractivity contribution in [1.29, 1.82) is 0 Å². The van der Waals surface area contributed by atoms with Crippen LogP contribution < -0.4 is 0 Å². The van der Waals surface area contributed by atoms with Gasteiger partial charge in [0, 0.05) is 12.3 Å². The summed E-state index contributed by atoms with van der Waals surface area (Å²) >= 11 is 0. The highest BCUT2D eigenvalue weighted by molar-refractivity contribution is 5.84. The molecular formula is C16H26O5. The molecule has 0 saturated heterocycles. The van der Waals surface area contributed by atoms with Gasteiger partial charge in [-0.1, -0.05) is 32.1 Å². The zero-order valence-corrected chi connectivity index (χ0v) is 13.1. The molecule has 1 fully saturated rings. The molecule has 0 bridgehead atoms. The highest BCUT2D eigenvalue weighted by Gasteiger charge is 2.58. The van der Waals surface area contributed by atoms with Crippen LogP contribution in [-0.4, -0.2) is 31.9 Å². The average Bonchev–Trinajstić information content (AvgIpc) is 3.19. The van der Waals surface area contributed by atoms with E-state index in [0.29, 0.717) is 13.0 Å². The first-order chi connectivity index (χ1) is 10.1. The van der Waals surface area contributed by atoms with Gasteiger partial charge in [0.25, 0.3) is 0 Å². The third-order valence-corrected chi connectivity index (χ3v) is 4.18. The molecule has 0 aromatic heterocycles. The minimum atomic E-state index is -0.442. The predicted octanol–water partition coefficient (Wildman–Crippen LogP) is 2.66. The molecular weight excluding hydrogens is 272 g/mol. The van der Waals surface area contributed by atoms with Crippen LogP contribution in [0.3, 0.4) is 0 Å². The maximum Gasteiger partial charge on any atom is 0.309 e. The first-order valence-corrected chi connectivity index (χ1v) is 7.73. The van der Waals surface area contributed by atoms with Gasteiger partial charge in [-0.3, -0.25) is 9.59 Å². The number of esters is 2. The van der Waals surface area contributed by atoms with E-state index in [0.717, 1.165) is 51.2 Å². The van der Waals surface area contributed by atoms with E-state index in [1.807, 2.05) is 0 Å². The van der Waals surface area contributed by atoms with E-state index in [2.05, 4.69) is 0 Å². The third-order valence-electron chi connectivity index (χ3n) is 4.18. The van der Waals surface area contributed by atoms with E-state index >= 15 is 0 Å². The van der Waals surface area contributed by atoms with Crippen LogP contribution in [0.25, 0.3) is 0 Å². The number of carbonyl (C=O) groups is 3. The Balaban J connectivity index is 2.00. The summed E-state index contributed by atoms with van der Waals surface area (Å²) in [5, 5.41) is 0. The SMILES string of the molecule is COC(=O)[C@@H]1C[C@@]1(C=O)CCCCCCCCOC(C)=O. The molecule has 0 radical (unpaired) electrons. The monoisotopic (exact) mass is 298 g/mol. The molecule has 0 N–H and O–H groups in total. The average molecular weight is 298 g/mol. The smallest absolute Gasteiger partial charge is 0.309 e. The van der Waals surface area contributed by atoms with Gasteiger partial charge in [-0.25, -0.2) is 0 Å². The van der Waals surface area contributed by atoms with Crippen molar-refractivity contribution in [1.82, 2.24) is 0 Å². The highest BCUT2D eigenvalue weighted by Crippen LogP contribution is 2.55. The Labute approximate surface area is 126 Å². The molecule has 5 heteroatoms. The zero-order valence-electron chi connectivity index (χ0n) is 13.1. The Hall–Kier alpha value is -1.39. The molecule has 0 unspecified atom stereocenters. The summed E-state index contributed by atoms with van der Waals surface area (Å²) in [6.07, 6.45) is 8.57.